The molecule has 0 atom stereocenters. The van der Waals surface area contributed by atoms with E-state index >= 15 is 0 Å². The molecule has 2 aromatic rings. The fourth-order valence-electron chi connectivity index (χ4n) is 1.49. The zero-order valence-corrected chi connectivity index (χ0v) is 11.7. The van der Waals surface area contributed by atoms with Crippen molar-refractivity contribution >= 4 is 23.8 Å². The number of benzene rings is 1. The van der Waals surface area contributed by atoms with Gasteiger partial charge in [0.25, 0.3) is 0 Å². The van der Waals surface area contributed by atoms with E-state index in [1.165, 1.54) is 30.4 Å². The summed E-state index contributed by atoms with van der Waals surface area (Å²) in [5.74, 6) is 0.626. The molecule has 0 aliphatic heterocycles. The minimum absolute atomic E-state index is 0.466. The Morgan fingerprint density at radius 3 is 2.85 bits per heavy atom. The molecule has 0 saturated heterocycles. The number of aromatic nitrogens is 3. The molecule has 0 N–H and O–H groups in total. The van der Waals surface area contributed by atoms with Crippen LogP contribution in [0.2, 0.25) is 5.02 Å². The summed E-state index contributed by atoms with van der Waals surface area (Å²) < 4.78 is 11.0. The van der Waals surface area contributed by atoms with Gasteiger partial charge in [-0.2, -0.15) is 0 Å². The zero-order chi connectivity index (χ0) is 14.5. The molecule has 0 aliphatic carbocycles. The van der Waals surface area contributed by atoms with Crippen LogP contribution < -0.4 is 4.74 Å². The number of ether oxygens (including phenoxy) is 2. The standard InChI is InChI=1S/C13H12ClN3O3/c1-19-11-6-9(5-10(14)7-11)13-15-8-17(16-13)4-3-12(18)20-2/h3-8H,1-2H3. The van der Waals surface area contributed by atoms with Crippen LogP contribution in [0.15, 0.2) is 30.6 Å². The Morgan fingerprint density at radius 1 is 1.35 bits per heavy atom. The third-order valence-corrected chi connectivity index (χ3v) is 2.66. The van der Waals surface area contributed by atoms with E-state index in [1.54, 1.807) is 25.3 Å². The van der Waals surface area contributed by atoms with Gasteiger partial charge in [0.2, 0.25) is 0 Å². The summed E-state index contributed by atoms with van der Waals surface area (Å²) in [6.07, 6.45) is 4.17. The van der Waals surface area contributed by atoms with E-state index in [0.717, 1.165) is 5.56 Å². The topological polar surface area (TPSA) is 66.2 Å². The Kier molecular flexibility index (Phi) is 4.37. The van der Waals surface area contributed by atoms with Crippen molar-refractivity contribution in [3.63, 3.8) is 0 Å². The Hall–Kier alpha value is -2.34. The van der Waals surface area contributed by atoms with Gasteiger partial charge in [-0.15, -0.1) is 5.10 Å². The van der Waals surface area contributed by atoms with Gasteiger partial charge in [-0.25, -0.2) is 14.5 Å². The predicted octanol–water partition coefficient (Wildman–Crippen LogP) is 2.25. The smallest absolute Gasteiger partial charge is 0.332 e. The van der Waals surface area contributed by atoms with E-state index in [2.05, 4.69) is 14.8 Å². The number of methoxy groups -OCH3 is 2. The second-order valence-corrected chi connectivity index (χ2v) is 4.20. The summed E-state index contributed by atoms with van der Waals surface area (Å²) in [6, 6.07) is 5.20. The van der Waals surface area contributed by atoms with Gasteiger partial charge in [0.05, 0.1) is 14.2 Å². The van der Waals surface area contributed by atoms with E-state index < -0.39 is 5.97 Å². The molecule has 6 nitrogen and oxygen atoms in total. The molecule has 0 unspecified atom stereocenters. The van der Waals surface area contributed by atoms with Crippen molar-refractivity contribution in [3.8, 4) is 17.1 Å². The first-order valence-corrected chi connectivity index (χ1v) is 6.02. The van der Waals surface area contributed by atoms with E-state index in [0.29, 0.717) is 16.6 Å². The van der Waals surface area contributed by atoms with Crippen molar-refractivity contribution in [3.05, 3.63) is 35.6 Å². The molecule has 0 bridgehead atoms. The number of halogens is 1. The van der Waals surface area contributed by atoms with Crippen LogP contribution >= 0.6 is 11.6 Å². The van der Waals surface area contributed by atoms with E-state index in [1.807, 2.05) is 0 Å². The second-order valence-electron chi connectivity index (χ2n) is 3.77. The van der Waals surface area contributed by atoms with Gasteiger partial charge >= 0.3 is 5.97 Å². The maximum atomic E-state index is 11.0. The fourth-order valence-corrected chi connectivity index (χ4v) is 1.72. The number of rotatable bonds is 4. The second kappa shape index (κ2) is 6.21. The summed E-state index contributed by atoms with van der Waals surface area (Å²) in [5, 5.41) is 4.73. The minimum Gasteiger partial charge on any atom is -0.497 e. The Bertz CT molecular complexity index is 652. The van der Waals surface area contributed by atoms with Crippen LogP contribution in [-0.4, -0.2) is 35.0 Å². The quantitative estimate of drug-likeness (QED) is 0.639. The highest BCUT2D eigenvalue weighted by Gasteiger charge is 2.07. The molecule has 0 saturated carbocycles. The largest absolute Gasteiger partial charge is 0.497 e. The molecular weight excluding hydrogens is 282 g/mol. The highest BCUT2D eigenvalue weighted by atomic mass is 35.5. The summed E-state index contributed by atoms with van der Waals surface area (Å²) in [4.78, 5) is 15.1. The van der Waals surface area contributed by atoms with Crippen molar-refractivity contribution in [2.24, 2.45) is 0 Å². The molecule has 0 spiro atoms. The number of carbonyl (C=O) groups is 1. The first-order chi connectivity index (χ1) is 9.62. The maximum Gasteiger partial charge on any atom is 0.332 e. The molecule has 7 heteroatoms. The predicted molar refractivity (Wildman–Crippen MR) is 74.4 cm³/mol. The molecule has 1 aromatic heterocycles. The number of hydrogen-bond acceptors (Lipinski definition) is 5. The highest BCUT2D eigenvalue weighted by molar-refractivity contribution is 6.31. The molecule has 0 radical (unpaired) electrons. The van der Waals surface area contributed by atoms with Gasteiger partial charge in [-0.3, -0.25) is 0 Å². The van der Waals surface area contributed by atoms with Gasteiger partial charge < -0.3 is 9.47 Å². The Balaban J connectivity index is 2.26. The number of esters is 1. The summed E-state index contributed by atoms with van der Waals surface area (Å²) in [7, 11) is 2.86. The third kappa shape index (κ3) is 3.36. The van der Waals surface area contributed by atoms with Crippen LogP contribution in [0.5, 0.6) is 5.75 Å². The van der Waals surface area contributed by atoms with Crippen LogP contribution in [0.3, 0.4) is 0 Å². The molecule has 104 valence electrons. The summed E-state index contributed by atoms with van der Waals surface area (Å²) >= 11 is 5.99. The molecule has 20 heavy (non-hydrogen) atoms. The van der Waals surface area contributed by atoms with E-state index in [-0.39, 0.29) is 0 Å². The Morgan fingerprint density at radius 2 is 2.15 bits per heavy atom. The van der Waals surface area contributed by atoms with Gasteiger partial charge in [-0.05, 0) is 18.2 Å². The van der Waals surface area contributed by atoms with Crippen LogP contribution in [0.4, 0.5) is 0 Å². The molecule has 1 aromatic carbocycles. The average Bonchev–Trinajstić information content (AvgIpc) is 2.92. The first-order valence-electron chi connectivity index (χ1n) is 5.64. The average molecular weight is 294 g/mol. The van der Waals surface area contributed by atoms with Crippen LogP contribution in [0, 0.1) is 0 Å². The lowest BCUT2D eigenvalue weighted by Crippen LogP contribution is -1.96. The van der Waals surface area contributed by atoms with Crippen LogP contribution in [0.1, 0.15) is 0 Å². The molecule has 1 heterocycles. The molecule has 0 aliphatic rings. The SMILES string of the molecule is COC(=O)C=Cn1cnc(-c2cc(Cl)cc(OC)c2)n1. The van der Waals surface area contributed by atoms with Crippen LogP contribution in [-0.2, 0) is 9.53 Å². The molecular formula is C13H12ClN3O3. The van der Waals surface area contributed by atoms with Gasteiger partial charge in [0.15, 0.2) is 5.82 Å². The normalized spacial score (nSPS) is 10.8. The molecule has 2 rings (SSSR count). The first kappa shape index (κ1) is 14.1. The van der Waals surface area contributed by atoms with Crippen molar-refractivity contribution < 1.29 is 14.3 Å². The van der Waals surface area contributed by atoms with Crippen molar-refractivity contribution in [2.45, 2.75) is 0 Å². The van der Waals surface area contributed by atoms with Crippen LogP contribution in [0.25, 0.3) is 17.6 Å². The highest BCUT2D eigenvalue weighted by Crippen LogP contribution is 2.26. The lowest BCUT2D eigenvalue weighted by Gasteiger charge is -2.02. The minimum atomic E-state index is -0.466. The number of hydrogen-bond donors (Lipinski definition) is 0. The summed E-state index contributed by atoms with van der Waals surface area (Å²) in [5.41, 5.74) is 0.722. The third-order valence-electron chi connectivity index (χ3n) is 2.44. The summed E-state index contributed by atoms with van der Waals surface area (Å²) in [6.45, 7) is 0. The molecule has 0 fully saturated rings. The van der Waals surface area contributed by atoms with Gasteiger partial charge in [0.1, 0.15) is 12.1 Å². The lowest BCUT2D eigenvalue weighted by atomic mass is 10.2. The fraction of sp³-hybridized carbons (Fsp3) is 0.154. The van der Waals surface area contributed by atoms with Crippen molar-refractivity contribution in [1.29, 1.82) is 0 Å². The van der Waals surface area contributed by atoms with Crippen molar-refractivity contribution in [1.82, 2.24) is 14.8 Å². The van der Waals surface area contributed by atoms with E-state index in [9.17, 15) is 4.79 Å². The van der Waals surface area contributed by atoms with E-state index in [4.69, 9.17) is 16.3 Å². The maximum absolute atomic E-state index is 11.0. The van der Waals surface area contributed by atoms with Crippen molar-refractivity contribution in [2.75, 3.05) is 14.2 Å². The zero-order valence-electron chi connectivity index (χ0n) is 10.9. The Labute approximate surface area is 120 Å². The molecule has 0 amide bonds. The van der Waals surface area contributed by atoms with Gasteiger partial charge in [0, 0.05) is 22.9 Å². The monoisotopic (exact) mass is 293 g/mol. The lowest BCUT2D eigenvalue weighted by molar-refractivity contribution is -0.134. The van der Waals surface area contributed by atoms with Gasteiger partial charge in [-0.1, -0.05) is 11.6 Å². The number of carbonyl (C=O) groups excluding carboxylic acids is 1. The number of nitrogens with zero attached hydrogens (tertiary/aromatic N) is 3.